The largest absolute Gasteiger partial charge is 0.443 e. The molecule has 3 nitrogen and oxygen atoms in total. The lowest BCUT2D eigenvalue weighted by atomic mass is 10.7. The molecule has 2 aromatic rings. The minimum absolute atomic E-state index is 0.810. The van der Waals surface area contributed by atoms with Gasteiger partial charge in [-0.25, -0.2) is 0 Å². The van der Waals surface area contributed by atoms with Crippen molar-refractivity contribution in [1.82, 2.24) is 4.40 Å². The Bertz CT molecular complexity index is 371. The van der Waals surface area contributed by atoms with E-state index in [-0.39, 0.29) is 0 Å². The van der Waals surface area contributed by atoms with Crippen LogP contribution in [0.3, 0.4) is 0 Å². The number of oxazole rings is 1. The van der Waals surface area contributed by atoms with Gasteiger partial charge in [-0.1, -0.05) is 0 Å². The van der Waals surface area contributed by atoms with Crippen LogP contribution in [0.5, 0.6) is 11.5 Å². The summed E-state index contributed by atoms with van der Waals surface area (Å²) in [6.45, 7) is 0. The molecule has 0 spiro atoms. The molecule has 3 heteroatoms. The Hall–Kier alpha value is -1.38. The Balaban J connectivity index is 2.70. The first-order valence-electron chi connectivity index (χ1n) is 2.71. The lowest BCUT2D eigenvalue weighted by molar-refractivity contribution is 0.576. The molecule has 0 atom stereocenters. The normalized spacial score (nSPS) is 13.3. The van der Waals surface area contributed by atoms with Crippen molar-refractivity contribution >= 4 is 5.71 Å². The standard InChI is InChI=1S/C6H3NO2/c1-2-8-6-5-4(9-5)3-7(1)6/h1-3H. The molecule has 2 aromatic heterocycles. The molecule has 3 rings (SSSR count). The van der Waals surface area contributed by atoms with E-state index in [2.05, 4.69) is 0 Å². The third kappa shape index (κ3) is 0.276. The first kappa shape index (κ1) is 3.61. The van der Waals surface area contributed by atoms with E-state index in [1.165, 1.54) is 0 Å². The summed E-state index contributed by atoms with van der Waals surface area (Å²) in [5, 5.41) is 0. The Morgan fingerprint density at radius 2 is 2.44 bits per heavy atom. The van der Waals surface area contributed by atoms with Crippen molar-refractivity contribution in [3.8, 4) is 11.5 Å². The van der Waals surface area contributed by atoms with Gasteiger partial charge in [0.15, 0.2) is 5.75 Å². The highest BCUT2D eigenvalue weighted by Gasteiger charge is 2.28. The maximum Gasteiger partial charge on any atom is 0.251 e. The molecule has 0 saturated carbocycles. The molecule has 3 heterocycles. The van der Waals surface area contributed by atoms with Gasteiger partial charge >= 0.3 is 0 Å². The maximum absolute atomic E-state index is 5.08. The van der Waals surface area contributed by atoms with Crippen molar-refractivity contribution in [2.75, 3.05) is 0 Å². The second kappa shape index (κ2) is 0.857. The summed E-state index contributed by atoms with van der Waals surface area (Å²) in [5.41, 5.74) is 0.810. The highest BCUT2D eigenvalue weighted by atomic mass is 16.6. The number of hydrogen-bond acceptors (Lipinski definition) is 2. The molecule has 0 fully saturated rings. The summed E-state index contributed by atoms with van der Waals surface area (Å²) in [6.07, 6.45) is 5.39. The molecular weight excluding hydrogens is 118 g/mol. The number of fused-ring (bicyclic) bond motifs is 3. The minimum Gasteiger partial charge on any atom is -0.443 e. The zero-order valence-corrected chi connectivity index (χ0v) is 4.50. The van der Waals surface area contributed by atoms with Gasteiger partial charge in [0.1, 0.15) is 6.26 Å². The van der Waals surface area contributed by atoms with E-state index in [9.17, 15) is 0 Å². The van der Waals surface area contributed by atoms with Crippen LogP contribution in [0.4, 0.5) is 0 Å². The number of ether oxygens (including phenoxy) is 1. The average Bonchev–Trinajstić information content (AvgIpc) is 2.38. The van der Waals surface area contributed by atoms with Gasteiger partial charge in [-0.2, -0.15) is 0 Å². The lowest BCUT2D eigenvalue weighted by Crippen LogP contribution is -1.71. The van der Waals surface area contributed by atoms with E-state index < -0.39 is 0 Å². The van der Waals surface area contributed by atoms with Crippen molar-refractivity contribution in [3.05, 3.63) is 18.7 Å². The first-order chi connectivity index (χ1) is 4.45. The van der Waals surface area contributed by atoms with Crippen molar-refractivity contribution in [3.63, 3.8) is 0 Å². The third-order valence-electron chi connectivity index (χ3n) is 1.48. The number of aromatic nitrogens is 1. The van der Waals surface area contributed by atoms with Crippen molar-refractivity contribution in [1.29, 1.82) is 0 Å². The van der Waals surface area contributed by atoms with Crippen molar-refractivity contribution in [2.45, 2.75) is 0 Å². The summed E-state index contributed by atoms with van der Waals surface area (Å²) in [7, 11) is 0. The van der Waals surface area contributed by atoms with Crippen LogP contribution in [-0.2, 0) is 0 Å². The van der Waals surface area contributed by atoms with Crippen LogP contribution in [0, 0.1) is 0 Å². The van der Waals surface area contributed by atoms with E-state index in [0.717, 1.165) is 17.2 Å². The predicted molar refractivity (Wildman–Crippen MR) is 29.7 cm³/mol. The summed E-state index contributed by atoms with van der Waals surface area (Å²) in [6, 6.07) is 0. The van der Waals surface area contributed by atoms with E-state index in [1.807, 2.05) is 16.8 Å². The second-order valence-corrected chi connectivity index (χ2v) is 2.04. The maximum atomic E-state index is 5.08. The minimum atomic E-state index is 0.810. The van der Waals surface area contributed by atoms with Gasteiger partial charge in [0.25, 0.3) is 5.71 Å². The molecule has 1 aliphatic heterocycles. The summed E-state index contributed by atoms with van der Waals surface area (Å²) in [5.74, 6) is 1.83. The lowest BCUT2D eigenvalue weighted by Gasteiger charge is -1.79. The van der Waals surface area contributed by atoms with Crippen LogP contribution < -0.4 is 4.74 Å². The molecule has 0 N–H and O–H groups in total. The summed E-state index contributed by atoms with van der Waals surface area (Å²) in [4.78, 5) is 0. The summed E-state index contributed by atoms with van der Waals surface area (Å²) < 4.78 is 12.0. The van der Waals surface area contributed by atoms with Gasteiger partial charge in [-0.05, 0) is 0 Å². The number of rotatable bonds is 0. The molecule has 1 aliphatic rings. The molecule has 9 heavy (non-hydrogen) atoms. The van der Waals surface area contributed by atoms with E-state index in [0.29, 0.717) is 0 Å². The number of hydrogen-bond donors (Lipinski definition) is 0. The fourth-order valence-corrected chi connectivity index (χ4v) is 1.01. The molecule has 0 amide bonds. The van der Waals surface area contributed by atoms with Crippen LogP contribution in [0.15, 0.2) is 23.1 Å². The molecule has 0 bridgehead atoms. The van der Waals surface area contributed by atoms with Crippen LogP contribution in [0.25, 0.3) is 5.71 Å². The SMILES string of the molecule is c1cn2cc3c(c2o1)O3. The first-order valence-corrected chi connectivity index (χ1v) is 2.71. The highest BCUT2D eigenvalue weighted by molar-refractivity contribution is 5.71. The molecule has 44 valence electrons. The Morgan fingerprint density at radius 3 is 3.33 bits per heavy atom. The molecule has 0 radical (unpaired) electrons. The van der Waals surface area contributed by atoms with Gasteiger partial charge in [0.05, 0.1) is 6.20 Å². The van der Waals surface area contributed by atoms with Gasteiger partial charge in [0.2, 0.25) is 5.75 Å². The molecule has 0 aromatic carbocycles. The topological polar surface area (TPSA) is 30.1 Å². The molecule has 0 aliphatic carbocycles. The quantitative estimate of drug-likeness (QED) is 0.423. The second-order valence-electron chi connectivity index (χ2n) is 2.04. The van der Waals surface area contributed by atoms with E-state index in [4.69, 9.17) is 9.15 Å². The molecule has 0 saturated heterocycles. The van der Waals surface area contributed by atoms with Crippen LogP contribution in [-0.4, -0.2) is 4.40 Å². The van der Waals surface area contributed by atoms with E-state index in [1.54, 1.807) is 6.26 Å². The fraction of sp³-hybridized carbons (Fsp3) is 0. The van der Waals surface area contributed by atoms with Crippen molar-refractivity contribution < 1.29 is 9.15 Å². The van der Waals surface area contributed by atoms with Gasteiger partial charge in [0, 0.05) is 6.20 Å². The van der Waals surface area contributed by atoms with Crippen molar-refractivity contribution in [2.24, 2.45) is 0 Å². The fourth-order valence-electron chi connectivity index (χ4n) is 1.01. The Morgan fingerprint density at radius 1 is 1.44 bits per heavy atom. The zero-order valence-electron chi connectivity index (χ0n) is 4.50. The van der Waals surface area contributed by atoms with Gasteiger partial charge < -0.3 is 9.15 Å². The molecular formula is C6H3NO2. The predicted octanol–water partition coefficient (Wildman–Crippen LogP) is 1.64. The monoisotopic (exact) mass is 121 g/mol. The third-order valence-corrected chi connectivity index (χ3v) is 1.48. The van der Waals surface area contributed by atoms with Crippen LogP contribution in [0.1, 0.15) is 0 Å². The van der Waals surface area contributed by atoms with Gasteiger partial charge in [-0.3, -0.25) is 4.40 Å². The summed E-state index contributed by atoms with van der Waals surface area (Å²) >= 11 is 0. The van der Waals surface area contributed by atoms with Crippen LogP contribution >= 0.6 is 0 Å². The smallest absolute Gasteiger partial charge is 0.251 e. The zero-order chi connectivity index (χ0) is 5.84. The Labute approximate surface area is 50.5 Å². The highest BCUT2D eigenvalue weighted by Crippen LogP contribution is 2.50. The number of nitrogens with zero attached hydrogens (tertiary/aromatic N) is 1. The molecule has 0 unspecified atom stereocenters. The van der Waals surface area contributed by atoms with Crippen LogP contribution in [0.2, 0.25) is 0 Å². The average molecular weight is 121 g/mol. The van der Waals surface area contributed by atoms with Gasteiger partial charge in [-0.15, -0.1) is 0 Å². The van der Waals surface area contributed by atoms with E-state index >= 15 is 0 Å². The Kier molecular flexibility index (Phi) is 0.344.